The third-order valence-electron chi connectivity index (χ3n) is 7.53. The maximum atomic E-state index is 14.4. The molecule has 0 saturated carbocycles. The first kappa shape index (κ1) is 33.4. The summed E-state index contributed by atoms with van der Waals surface area (Å²) in [7, 11) is 0. The Hall–Kier alpha value is -4.49. The number of hydrogen-bond donors (Lipinski definition) is 5. The lowest BCUT2D eigenvalue weighted by Gasteiger charge is -2.50. The van der Waals surface area contributed by atoms with Crippen molar-refractivity contribution in [1.82, 2.24) is 0 Å². The molecule has 10 nitrogen and oxygen atoms in total. The molecule has 5 N–H and O–H groups in total. The summed E-state index contributed by atoms with van der Waals surface area (Å²) < 4.78 is -1.79. The zero-order valence-corrected chi connectivity index (χ0v) is 24.9. The number of ketones is 4. The zero-order chi connectivity index (χ0) is 33.0. The molecule has 0 aromatic heterocycles. The van der Waals surface area contributed by atoms with Gasteiger partial charge in [-0.25, -0.2) is 0 Å². The second-order valence-corrected chi connectivity index (χ2v) is 10.9. The monoisotopic (exact) mass is 674 g/mol. The molecule has 0 radical (unpaired) electrons. The van der Waals surface area contributed by atoms with Crippen LogP contribution >= 0.6 is 15.9 Å². The van der Waals surface area contributed by atoms with Crippen LogP contribution in [0.4, 0.5) is 0 Å². The Bertz CT molecular complexity index is 1720. The fraction of sp³-hybridized carbons (Fsp3) is 0.147. The van der Waals surface area contributed by atoms with Crippen LogP contribution in [0.1, 0.15) is 41.4 Å². The smallest absolute Gasteiger partial charge is 0.241 e. The fourth-order valence-electron chi connectivity index (χ4n) is 5.07. The Morgan fingerprint density at radius 3 is 1.22 bits per heavy atom. The molecule has 0 fully saturated rings. The van der Waals surface area contributed by atoms with Crippen LogP contribution in [-0.4, -0.2) is 82.4 Å². The van der Waals surface area contributed by atoms with Crippen LogP contribution in [0.2, 0.25) is 0 Å². The van der Waals surface area contributed by atoms with Crippen molar-refractivity contribution in [3.05, 3.63) is 144 Å². The summed E-state index contributed by atoms with van der Waals surface area (Å²) in [5.41, 5.74) is -14.2. The summed E-state index contributed by atoms with van der Waals surface area (Å²) in [6.07, 6.45) is -5.88. The van der Waals surface area contributed by atoms with E-state index in [0.29, 0.717) is 0 Å². The topological polar surface area (TPSA) is 186 Å². The van der Waals surface area contributed by atoms with Crippen LogP contribution in [0.5, 0.6) is 0 Å². The number of halogens is 1. The highest BCUT2D eigenvalue weighted by molar-refractivity contribution is 9.18. The molecular formula is C34H27BrO10. The number of carbonyl (C=O) groups excluding carboxylic acids is 5. The molecule has 5 atom stereocenters. The van der Waals surface area contributed by atoms with E-state index in [9.17, 15) is 49.5 Å². The first-order valence-corrected chi connectivity index (χ1v) is 14.2. The van der Waals surface area contributed by atoms with E-state index in [1.54, 1.807) is 6.07 Å². The standard InChI is InChI=1S/C34H27BrO10/c35-31(42)33(44,28(39)23-17-9-3-10-18-23)34(45,29(40)24-19-11-4-12-20-24)32(43,27(38)22-15-7-2-8-16-22)30(41)26(37)25(36)21-13-5-1-6-14-21/h1-20,26,30,37,41,43-45H. The molecule has 230 valence electrons. The highest BCUT2D eigenvalue weighted by Crippen LogP contribution is 2.45. The van der Waals surface area contributed by atoms with Gasteiger partial charge in [-0.3, -0.25) is 24.0 Å². The number of aliphatic hydroxyl groups excluding tert-OH is 2. The molecule has 0 saturated heterocycles. The lowest BCUT2D eigenvalue weighted by atomic mass is 9.60. The average Bonchev–Trinajstić information content (AvgIpc) is 3.09. The molecule has 11 heteroatoms. The normalized spacial score (nSPS) is 16.6. The number of rotatable bonds is 13. The summed E-state index contributed by atoms with van der Waals surface area (Å²) in [4.78, 5) is 69.3. The van der Waals surface area contributed by atoms with Gasteiger partial charge in [-0.15, -0.1) is 0 Å². The van der Waals surface area contributed by atoms with Gasteiger partial charge in [0.15, 0.2) is 11.4 Å². The van der Waals surface area contributed by atoms with Crippen LogP contribution in [0, 0.1) is 0 Å². The van der Waals surface area contributed by atoms with Crippen molar-refractivity contribution in [1.29, 1.82) is 0 Å². The molecule has 4 aromatic carbocycles. The van der Waals surface area contributed by atoms with Crippen molar-refractivity contribution in [3.8, 4) is 0 Å². The van der Waals surface area contributed by atoms with E-state index in [-0.39, 0.29) is 5.56 Å². The predicted molar refractivity (Wildman–Crippen MR) is 164 cm³/mol. The summed E-state index contributed by atoms with van der Waals surface area (Å²) in [6, 6.07) is 25.9. The first-order valence-electron chi connectivity index (χ1n) is 13.5. The number of hydrogen-bond acceptors (Lipinski definition) is 10. The minimum atomic E-state index is -4.31. The molecular weight excluding hydrogens is 648 g/mol. The van der Waals surface area contributed by atoms with Gasteiger partial charge in [0, 0.05) is 22.3 Å². The van der Waals surface area contributed by atoms with Gasteiger partial charge < -0.3 is 25.5 Å². The molecule has 0 heterocycles. The minimum absolute atomic E-state index is 0.205. The van der Waals surface area contributed by atoms with E-state index >= 15 is 0 Å². The molecule has 0 bridgehead atoms. The Morgan fingerprint density at radius 1 is 0.511 bits per heavy atom. The maximum Gasteiger partial charge on any atom is 0.241 e. The Labute approximate surface area is 265 Å². The van der Waals surface area contributed by atoms with Gasteiger partial charge >= 0.3 is 0 Å². The predicted octanol–water partition coefficient (Wildman–Crippen LogP) is 2.35. The molecule has 0 spiro atoms. The van der Waals surface area contributed by atoms with Crippen molar-refractivity contribution in [2.24, 2.45) is 0 Å². The van der Waals surface area contributed by atoms with Crippen molar-refractivity contribution >= 4 is 43.8 Å². The van der Waals surface area contributed by atoms with Gasteiger partial charge in [-0.05, 0) is 15.9 Å². The molecule has 0 amide bonds. The van der Waals surface area contributed by atoms with Crippen molar-refractivity contribution < 1.29 is 49.5 Å². The minimum Gasteiger partial charge on any atom is -0.386 e. The highest BCUT2D eigenvalue weighted by atomic mass is 79.9. The first-order chi connectivity index (χ1) is 21.3. The van der Waals surface area contributed by atoms with E-state index in [1.165, 1.54) is 78.9 Å². The zero-order valence-electron chi connectivity index (χ0n) is 23.4. The molecule has 0 aliphatic heterocycles. The van der Waals surface area contributed by atoms with Gasteiger partial charge in [0.2, 0.25) is 33.2 Å². The lowest BCUT2D eigenvalue weighted by Crippen LogP contribution is -2.82. The molecule has 4 rings (SSSR count). The van der Waals surface area contributed by atoms with Crippen LogP contribution in [0.15, 0.2) is 121 Å². The number of Topliss-reactive ketones (excluding diaryl/α,β-unsaturated/α-hetero) is 4. The third kappa shape index (κ3) is 5.61. The van der Waals surface area contributed by atoms with Gasteiger partial charge in [0.05, 0.1) is 0 Å². The van der Waals surface area contributed by atoms with Crippen molar-refractivity contribution in [2.75, 3.05) is 0 Å². The molecule has 4 aromatic rings. The molecule has 0 aliphatic rings. The van der Waals surface area contributed by atoms with E-state index in [2.05, 4.69) is 15.9 Å². The summed E-state index contributed by atoms with van der Waals surface area (Å²) in [5, 5.41) is 59.8. The van der Waals surface area contributed by atoms with Crippen LogP contribution < -0.4 is 0 Å². The Kier molecular flexibility index (Phi) is 9.83. The van der Waals surface area contributed by atoms with Gasteiger partial charge in [-0.2, -0.15) is 0 Å². The number of benzene rings is 4. The van der Waals surface area contributed by atoms with Crippen LogP contribution in [0.25, 0.3) is 0 Å². The maximum absolute atomic E-state index is 14.4. The molecule has 0 aliphatic carbocycles. The van der Waals surface area contributed by atoms with Crippen molar-refractivity contribution in [2.45, 2.75) is 29.0 Å². The van der Waals surface area contributed by atoms with E-state index in [4.69, 9.17) is 0 Å². The lowest BCUT2D eigenvalue weighted by molar-refractivity contribution is -0.216. The van der Waals surface area contributed by atoms with E-state index in [0.717, 1.165) is 36.4 Å². The fourth-order valence-corrected chi connectivity index (χ4v) is 5.54. The Balaban J connectivity index is 2.10. The van der Waals surface area contributed by atoms with E-state index < -0.39 is 73.5 Å². The average molecular weight is 675 g/mol. The van der Waals surface area contributed by atoms with Crippen molar-refractivity contribution in [3.63, 3.8) is 0 Å². The molecule has 5 unspecified atom stereocenters. The Morgan fingerprint density at radius 2 is 0.844 bits per heavy atom. The van der Waals surface area contributed by atoms with Crippen LogP contribution in [-0.2, 0) is 4.79 Å². The second-order valence-electron chi connectivity index (χ2n) is 10.2. The number of aliphatic hydroxyl groups is 5. The van der Waals surface area contributed by atoms with Gasteiger partial charge in [0.1, 0.15) is 12.2 Å². The largest absolute Gasteiger partial charge is 0.386 e. The third-order valence-corrected chi connectivity index (χ3v) is 8.10. The SMILES string of the molecule is O=C(c1ccccc1)C(O)C(O)C(O)(C(=O)c1ccccc1)C(O)(C(=O)c1ccccc1)C(O)(C(=O)Br)C(=O)c1ccccc1. The quantitative estimate of drug-likeness (QED) is 0.0801. The van der Waals surface area contributed by atoms with E-state index in [1.807, 2.05) is 0 Å². The van der Waals surface area contributed by atoms with Crippen LogP contribution in [0.3, 0.4) is 0 Å². The summed E-state index contributed by atoms with van der Waals surface area (Å²) in [6.45, 7) is 0. The molecule has 45 heavy (non-hydrogen) atoms. The number of carbonyl (C=O) groups is 5. The van der Waals surface area contributed by atoms with Gasteiger partial charge in [-0.1, -0.05) is 121 Å². The van der Waals surface area contributed by atoms with Gasteiger partial charge in [0.25, 0.3) is 0 Å². The highest BCUT2D eigenvalue weighted by Gasteiger charge is 2.77. The summed E-state index contributed by atoms with van der Waals surface area (Å²) >= 11 is 2.47. The summed E-state index contributed by atoms with van der Waals surface area (Å²) in [5.74, 6) is -6.41. The second kappa shape index (κ2) is 13.2.